The molecular weight excluding hydrogens is 358 g/mol. The van der Waals surface area contributed by atoms with Crippen LogP contribution in [-0.2, 0) is 6.61 Å². The number of hydrogen-bond donors (Lipinski definition) is 0. The van der Waals surface area contributed by atoms with Gasteiger partial charge in [0.15, 0.2) is 0 Å². The van der Waals surface area contributed by atoms with Gasteiger partial charge in [-0.15, -0.1) is 0 Å². The Morgan fingerprint density at radius 2 is 1.38 bits per heavy atom. The summed E-state index contributed by atoms with van der Waals surface area (Å²) in [4.78, 5) is 2.65. The van der Waals surface area contributed by atoms with Gasteiger partial charge in [-0.05, 0) is 81.1 Å². The fourth-order valence-electron chi connectivity index (χ4n) is 3.82. The highest BCUT2D eigenvalue weighted by atomic mass is 16.5. The molecule has 1 saturated heterocycles. The van der Waals surface area contributed by atoms with E-state index in [-0.39, 0.29) is 0 Å². The van der Waals surface area contributed by atoms with Gasteiger partial charge in [0.1, 0.15) is 18.1 Å². The summed E-state index contributed by atoms with van der Waals surface area (Å²) < 4.78 is 11.7. The molecule has 29 heavy (non-hydrogen) atoms. The summed E-state index contributed by atoms with van der Waals surface area (Å²) >= 11 is 0. The van der Waals surface area contributed by atoms with Crippen LogP contribution < -0.4 is 9.47 Å². The van der Waals surface area contributed by atoms with Crippen molar-refractivity contribution in [2.24, 2.45) is 5.92 Å². The monoisotopic (exact) mass is 395 g/mol. The van der Waals surface area contributed by atoms with Gasteiger partial charge in [0.05, 0.1) is 6.61 Å². The number of unbranched alkanes of at least 4 members (excludes halogenated alkanes) is 4. The molecule has 2 aromatic carbocycles. The highest BCUT2D eigenvalue weighted by Gasteiger charge is 2.14. The minimum Gasteiger partial charge on any atom is -0.494 e. The maximum atomic E-state index is 5.87. The Labute approximate surface area is 177 Å². The van der Waals surface area contributed by atoms with E-state index in [0.717, 1.165) is 30.4 Å². The molecule has 0 radical (unpaired) electrons. The summed E-state index contributed by atoms with van der Waals surface area (Å²) in [6, 6.07) is 18.2. The summed E-state index contributed by atoms with van der Waals surface area (Å²) in [5.74, 6) is 2.74. The second kappa shape index (κ2) is 12.5. The summed E-state index contributed by atoms with van der Waals surface area (Å²) in [6.07, 6.45) is 9.18. The first-order chi connectivity index (χ1) is 14.3. The molecule has 158 valence electrons. The first kappa shape index (κ1) is 21.7. The van der Waals surface area contributed by atoms with Crippen molar-refractivity contribution in [1.29, 1.82) is 0 Å². The Bertz CT molecular complexity index is 663. The number of rotatable bonds is 12. The van der Waals surface area contributed by atoms with E-state index in [1.165, 1.54) is 63.7 Å². The summed E-state index contributed by atoms with van der Waals surface area (Å²) in [6.45, 7) is 7.69. The van der Waals surface area contributed by atoms with E-state index >= 15 is 0 Å². The Balaban J connectivity index is 1.19. The average Bonchev–Trinajstić information content (AvgIpc) is 2.77. The van der Waals surface area contributed by atoms with Gasteiger partial charge in [0.2, 0.25) is 0 Å². The van der Waals surface area contributed by atoms with Gasteiger partial charge in [0.25, 0.3) is 0 Å². The Hall–Kier alpha value is -2.00. The van der Waals surface area contributed by atoms with Crippen molar-refractivity contribution >= 4 is 0 Å². The van der Waals surface area contributed by atoms with Crippen molar-refractivity contribution in [3.63, 3.8) is 0 Å². The summed E-state index contributed by atoms with van der Waals surface area (Å²) in [7, 11) is 0. The van der Waals surface area contributed by atoms with Gasteiger partial charge in [0, 0.05) is 0 Å². The Kier molecular flexibility index (Phi) is 9.38. The molecule has 0 bridgehead atoms. The van der Waals surface area contributed by atoms with Crippen LogP contribution in [-0.4, -0.2) is 31.1 Å². The maximum absolute atomic E-state index is 5.87. The molecule has 0 aromatic heterocycles. The third-order valence-electron chi connectivity index (χ3n) is 5.84. The molecule has 0 amide bonds. The van der Waals surface area contributed by atoms with Crippen LogP contribution in [0.1, 0.15) is 57.4 Å². The number of nitrogens with zero attached hydrogens (tertiary/aromatic N) is 1. The number of benzene rings is 2. The fraction of sp³-hybridized carbons (Fsp3) is 0.538. The third-order valence-corrected chi connectivity index (χ3v) is 5.84. The van der Waals surface area contributed by atoms with Crippen LogP contribution in [0.3, 0.4) is 0 Å². The zero-order valence-electron chi connectivity index (χ0n) is 18.0. The van der Waals surface area contributed by atoms with Gasteiger partial charge < -0.3 is 14.4 Å². The molecule has 1 heterocycles. The van der Waals surface area contributed by atoms with Crippen molar-refractivity contribution in [3.8, 4) is 11.5 Å². The lowest BCUT2D eigenvalue weighted by atomic mass is 9.99. The average molecular weight is 396 g/mol. The molecule has 0 saturated carbocycles. The highest BCUT2D eigenvalue weighted by Crippen LogP contribution is 2.19. The molecule has 0 atom stereocenters. The molecule has 0 aliphatic carbocycles. The molecule has 0 N–H and O–H groups in total. The SMILES string of the molecule is CC1CCN(CCCCCCCOc2ccc(OCc3ccccc3)cc2)CC1. The molecule has 1 aliphatic rings. The fourth-order valence-corrected chi connectivity index (χ4v) is 3.82. The lowest BCUT2D eigenvalue weighted by molar-refractivity contribution is 0.189. The Morgan fingerprint density at radius 1 is 0.759 bits per heavy atom. The quantitative estimate of drug-likeness (QED) is 0.392. The minimum atomic E-state index is 0.595. The van der Waals surface area contributed by atoms with Gasteiger partial charge >= 0.3 is 0 Å². The van der Waals surface area contributed by atoms with Crippen molar-refractivity contribution in [1.82, 2.24) is 4.90 Å². The molecule has 0 unspecified atom stereocenters. The number of likely N-dealkylation sites (tertiary alicyclic amines) is 1. The van der Waals surface area contributed by atoms with Crippen LogP contribution in [0.4, 0.5) is 0 Å². The van der Waals surface area contributed by atoms with Crippen LogP contribution in [0.2, 0.25) is 0 Å². The number of ether oxygens (including phenoxy) is 2. The molecule has 0 spiro atoms. The molecular formula is C26H37NO2. The van der Waals surface area contributed by atoms with Crippen LogP contribution in [0.15, 0.2) is 54.6 Å². The van der Waals surface area contributed by atoms with E-state index in [4.69, 9.17) is 9.47 Å². The van der Waals surface area contributed by atoms with Gasteiger partial charge in [-0.3, -0.25) is 0 Å². The lowest BCUT2D eigenvalue weighted by Crippen LogP contribution is -2.33. The molecule has 3 nitrogen and oxygen atoms in total. The van der Waals surface area contributed by atoms with Gasteiger partial charge in [-0.1, -0.05) is 56.5 Å². The number of piperidine rings is 1. The van der Waals surface area contributed by atoms with Crippen molar-refractivity contribution in [2.75, 3.05) is 26.2 Å². The summed E-state index contributed by atoms with van der Waals surface area (Å²) in [5.41, 5.74) is 1.18. The topological polar surface area (TPSA) is 21.7 Å². The largest absolute Gasteiger partial charge is 0.494 e. The molecule has 3 heteroatoms. The maximum Gasteiger partial charge on any atom is 0.120 e. The zero-order chi connectivity index (χ0) is 20.2. The first-order valence-electron chi connectivity index (χ1n) is 11.4. The van der Waals surface area contributed by atoms with Crippen LogP contribution in [0.5, 0.6) is 11.5 Å². The second-order valence-corrected chi connectivity index (χ2v) is 8.39. The van der Waals surface area contributed by atoms with Crippen molar-refractivity contribution in [3.05, 3.63) is 60.2 Å². The zero-order valence-corrected chi connectivity index (χ0v) is 18.0. The molecule has 2 aromatic rings. The highest BCUT2D eigenvalue weighted by molar-refractivity contribution is 5.31. The lowest BCUT2D eigenvalue weighted by Gasteiger charge is -2.30. The predicted molar refractivity (Wildman–Crippen MR) is 121 cm³/mol. The van der Waals surface area contributed by atoms with Crippen molar-refractivity contribution < 1.29 is 9.47 Å². The van der Waals surface area contributed by atoms with E-state index in [2.05, 4.69) is 24.0 Å². The van der Waals surface area contributed by atoms with Crippen LogP contribution in [0.25, 0.3) is 0 Å². The van der Waals surface area contributed by atoms with E-state index in [1.54, 1.807) is 0 Å². The minimum absolute atomic E-state index is 0.595. The third kappa shape index (κ3) is 8.49. The van der Waals surface area contributed by atoms with Gasteiger partial charge in [-0.2, -0.15) is 0 Å². The van der Waals surface area contributed by atoms with E-state index in [0.29, 0.717) is 6.61 Å². The van der Waals surface area contributed by atoms with Crippen LogP contribution in [0, 0.1) is 5.92 Å². The second-order valence-electron chi connectivity index (χ2n) is 8.39. The molecule has 3 rings (SSSR count). The number of hydrogen-bond acceptors (Lipinski definition) is 3. The van der Waals surface area contributed by atoms with Gasteiger partial charge in [-0.25, -0.2) is 0 Å². The van der Waals surface area contributed by atoms with E-state index in [1.807, 2.05) is 42.5 Å². The van der Waals surface area contributed by atoms with Crippen LogP contribution >= 0.6 is 0 Å². The Morgan fingerprint density at radius 3 is 2.10 bits per heavy atom. The molecule has 1 fully saturated rings. The first-order valence-corrected chi connectivity index (χ1v) is 11.4. The predicted octanol–water partition coefficient (Wildman–Crippen LogP) is 6.33. The van der Waals surface area contributed by atoms with E-state index in [9.17, 15) is 0 Å². The van der Waals surface area contributed by atoms with E-state index < -0.39 is 0 Å². The normalized spacial score (nSPS) is 15.3. The molecule has 1 aliphatic heterocycles. The summed E-state index contributed by atoms with van der Waals surface area (Å²) in [5, 5.41) is 0. The van der Waals surface area contributed by atoms with Crippen molar-refractivity contribution in [2.45, 2.75) is 58.5 Å². The smallest absolute Gasteiger partial charge is 0.120 e. The standard InChI is InChI=1S/C26H37NO2/c1-23-16-19-27(20-17-23)18-8-3-2-4-9-21-28-25-12-14-26(15-13-25)29-22-24-10-6-5-7-11-24/h5-7,10-15,23H,2-4,8-9,16-22H2,1H3.